The van der Waals surface area contributed by atoms with E-state index in [9.17, 15) is 14.4 Å². The van der Waals surface area contributed by atoms with Crippen LogP contribution in [0.15, 0.2) is 60.8 Å². The molecule has 0 saturated heterocycles. The van der Waals surface area contributed by atoms with Gasteiger partial charge in [-0.05, 0) is 96.3 Å². The fraction of sp³-hybridized carbons (Fsp3) is 0.768. The maximum Gasteiger partial charge on any atom is 0.306 e. The van der Waals surface area contributed by atoms with Crippen LogP contribution >= 0.6 is 0 Å². The third-order valence-corrected chi connectivity index (χ3v) is 11.2. The summed E-state index contributed by atoms with van der Waals surface area (Å²) in [6.45, 7) is 6.46. The Morgan fingerprint density at radius 2 is 0.645 bits per heavy atom. The van der Waals surface area contributed by atoms with Crippen LogP contribution < -0.4 is 0 Å². The van der Waals surface area contributed by atoms with E-state index in [-0.39, 0.29) is 31.1 Å². The lowest BCUT2D eigenvalue weighted by Crippen LogP contribution is -2.30. The highest BCUT2D eigenvalue weighted by Crippen LogP contribution is 2.14. The highest BCUT2D eigenvalue weighted by molar-refractivity contribution is 5.71. The third kappa shape index (κ3) is 48.1. The molecule has 0 fully saturated rings. The summed E-state index contributed by atoms with van der Waals surface area (Å²) in [6, 6.07) is 0. The minimum absolute atomic E-state index is 0.0900. The highest BCUT2D eigenvalue weighted by Gasteiger charge is 2.19. The summed E-state index contributed by atoms with van der Waals surface area (Å²) in [5, 5.41) is 0. The van der Waals surface area contributed by atoms with Gasteiger partial charge in [0.05, 0.1) is 0 Å². The van der Waals surface area contributed by atoms with Crippen molar-refractivity contribution in [3.8, 4) is 0 Å². The number of carbonyl (C=O) groups excluding carboxylic acids is 3. The van der Waals surface area contributed by atoms with E-state index in [1.165, 1.54) is 128 Å². The predicted molar refractivity (Wildman–Crippen MR) is 265 cm³/mol. The van der Waals surface area contributed by atoms with Gasteiger partial charge in [0.15, 0.2) is 6.10 Å². The van der Waals surface area contributed by atoms with Gasteiger partial charge in [0.2, 0.25) is 0 Å². The van der Waals surface area contributed by atoms with Crippen LogP contribution in [0, 0.1) is 0 Å². The van der Waals surface area contributed by atoms with Crippen molar-refractivity contribution in [2.24, 2.45) is 0 Å². The van der Waals surface area contributed by atoms with Gasteiger partial charge in [-0.1, -0.05) is 204 Å². The summed E-state index contributed by atoms with van der Waals surface area (Å²) in [4.78, 5) is 37.9. The van der Waals surface area contributed by atoms with Crippen molar-refractivity contribution >= 4 is 17.9 Å². The van der Waals surface area contributed by atoms with Gasteiger partial charge < -0.3 is 14.2 Å². The number of hydrogen-bond donors (Lipinski definition) is 0. The molecule has 0 saturated carbocycles. The Bertz CT molecular complexity index is 1130. The van der Waals surface area contributed by atoms with Gasteiger partial charge in [0, 0.05) is 19.3 Å². The third-order valence-electron chi connectivity index (χ3n) is 11.2. The standard InChI is InChI=1S/C56H98O6/c1-4-7-10-13-16-19-21-23-25-27-28-29-31-32-34-37-40-43-46-49-55(58)61-52-53(51-60-54(57)48-45-42-39-36-18-15-12-9-6-3)62-56(59)50-47-44-41-38-35-33-30-26-24-22-20-17-14-11-8-5-2/h8,11,17,20,24,26-28,36,39,53H,4-7,9-10,12-16,18-19,21-23,25,29-35,37-38,40-52H2,1-3H3/b11-8-,20-17-,26-24-,28-27-,39-36-. The van der Waals surface area contributed by atoms with Gasteiger partial charge >= 0.3 is 17.9 Å². The first-order valence-corrected chi connectivity index (χ1v) is 26.3. The Labute approximate surface area is 383 Å². The molecule has 0 aromatic carbocycles. The van der Waals surface area contributed by atoms with Crippen LogP contribution in [0.25, 0.3) is 0 Å². The molecule has 6 nitrogen and oxygen atoms in total. The van der Waals surface area contributed by atoms with E-state index in [2.05, 4.69) is 81.5 Å². The number of carbonyl (C=O) groups is 3. The Balaban J connectivity index is 4.33. The molecule has 0 rings (SSSR count). The summed E-state index contributed by atoms with van der Waals surface area (Å²) >= 11 is 0. The van der Waals surface area contributed by atoms with Crippen molar-refractivity contribution in [3.05, 3.63) is 60.8 Å². The Kier molecular flexibility index (Phi) is 48.4. The molecular weight excluding hydrogens is 769 g/mol. The summed E-state index contributed by atoms with van der Waals surface area (Å²) in [5.74, 6) is -0.941. The molecular formula is C56H98O6. The minimum atomic E-state index is -0.792. The second-order valence-electron chi connectivity index (χ2n) is 17.4. The second-order valence-corrected chi connectivity index (χ2v) is 17.4. The van der Waals surface area contributed by atoms with Gasteiger partial charge in [0.25, 0.3) is 0 Å². The van der Waals surface area contributed by atoms with Crippen LogP contribution in [0.5, 0.6) is 0 Å². The van der Waals surface area contributed by atoms with Gasteiger partial charge in [-0.2, -0.15) is 0 Å². The number of hydrogen-bond acceptors (Lipinski definition) is 6. The molecule has 1 atom stereocenters. The molecule has 358 valence electrons. The number of unbranched alkanes of at least 4 members (excludes halogenated alkanes) is 26. The zero-order valence-corrected chi connectivity index (χ0v) is 40.9. The fourth-order valence-electron chi connectivity index (χ4n) is 7.28. The fourth-order valence-corrected chi connectivity index (χ4v) is 7.28. The van der Waals surface area contributed by atoms with Crippen LogP contribution in [0.1, 0.15) is 258 Å². The number of ether oxygens (including phenoxy) is 3. The van der Waals surface area contributed by atoms with Crippen molar-refractivity contribution in [2.45, 2.75) is 264 Å². The molecule has 0 aliphatic carbocycles. The molecule has 62 heavy (non-hydrogen) atoms. The first-order chi connectivity index (χ1) is 30.5. The highest BCUT2D eigenvalue weighted by atomic mass is 16.6. The summed E-state index contributed by atoms with van der Waals surface area (Å²) in [6.07, 6.45) is 62.2. The quantitative estimate of drug-likeness (QED) is 0.0262. The zero-order chi connectivity index (χ0) is 45.1. The molecule has 6 heteroatoms. The van der Waals surface area contributed by atoms with Crippen LogP contribution in [0.3, 0.4) is 0 Å². The average molecular weight is 867 g/mol. The topological polar surface area (TPSA) is 78.9 Å². The summed E-state index contributed by atoms with van der Waals surface area (Å²) in [5.41, 5.74) is 0. The SMILES string of the molecule is CC/C=C\C/C=C\C/C=C\CCCCCCCCC(=O)OC(COC(=O)CCC/C=C\CCCCCC)COC(=O)CCCCCCCCC/C=C\CCCCCCCCCC. The molecule has 0 aliphatic heterocycles. The Morgan fingerprint density at radius 1 is 0.339 bits per heavy atom. The zero-order valence-electron chi connectivity index (χ0n) is 40.9. The van der Waals surface area contributed by atoms with Crippen molar-refractivity contribution in [3.63, 3.8) is 0 Å². The molecule has 0 radical (unpaired) electrons. The van der Waals surface area contributed by atoms with Crippen molar-refractivity contribution in [1.82, 2.24) is 0 Å². The monoisotopic (exact) mass is 867 g/mol. The lowest BCUT2D eigenvalue weighted by molar-refractivity contribution is -0.167. The molecule has 0 aromatic rings. The minimum Gasteiger partial charge on any atom is -0.462 e. The average Bonchev–Trinajstić information content (AvgIpc) is 3.27. The van der Waals surface area contributed by atoms with E-state index >= 15 is 0 Å². The molecule has 0 bridgehead atoms. The number of allylic oxidation sites excluding steroid dienone is 10. The van der Waals surface area contributed by atoms with Crippen molar-refractivity contribution in [2.75, 3.05) is 13.2 Å². The smallest absolute Gasteiger partial charge is 0.306 e. The molecule has 0 spiro atoms. The van der Waals surface area contributed by atoms with E-state index in [4.69, 9.17) is 14.2 Å². The Morgan fingerprint density at radius 3 is 1.08 bits per heavy atom. The number of rotatable bonds is 47. The maximum atomic E-state index is 12.8. The molecule has 1 unspecified atom stereocenters. The van der Waals surface area contributed by atoms with E-state index in [1.54, 1.807) is 0 Å². The molecule has 0 heterocycles. The largest absolute Gasteiger partial charge is 0.462 e. The van der Waals surface area contributed by atoms with Gasteiger partial charge in [-0.3, -0.25) is 14.4 Å². The van der Waals surface area contributed by atoms with E-state index in [1.807, 2.05) is 0 Å². The van der Waals surface area contributed by atoms with Crippen LogP contribution in [-0.4, -0.2) is 37.2 Å². The lowest BCUT2D eigenvalue weighted by Gasteiger charge is -2.18. The molecule has 0 aliphatic rings. The first-order valence-electron chi connectivity index (χ1n) is 26.3. The summed E-state index contributed by atoms with van der Waals surface area (Å²) in [7, 11) is 0. The molecule has 0 aromatic heterocycles. The van der Waals surface area contributed by atoms with Gasteiger partial charge in [-0.15, -0.1) is 0 Å². The molecule has 0 amide bonds. The molecule has 0 N–H and O–H groups in total. The van der Waals surface area contributed by atoms with Gasteiger partial charge in [0.1, 0.15) is 13.2 Å². The first kappa shape index (κ1) is 59.1. The van der Waals surface area contributed by atoms with Crippen LogP contribution in [0.2, 0.25) is 0 Å². The second kappa shape index (κ2) is 50.8. The van der Waals surface area contributed by atoms with Gasteiger partial charge in [-0.25, -0.2) is 0 Å². The maximum absolute atomic E-state index is 12.8. The van der Waals surface area contributed by atoms with E-state index in [0.717, 1.165) is 83.5 Å². The lowest BCUT2D eigenvalue weighted by atomic mass is 10.1. The van der Waals surface area contributed by atoms with Crippen molar-refractivity contribution in [1.29, 1.82) is 0 Å². The van der Waals surface area contributed by atoms with E-state index in [0.29, 0.717) is 25.7 Å². The Hall–Kier alpha value is -2.89. The predicted octanol–water partition coefficient (Wildman–Crippen LogP) is 17.3. The van der Waals surface area contributed by atoms with E-state index < -0.39 is 6.10 Å². The van der Waals surface area contributed by atoms with Crippen molar-refractivity contribution < 1.29 is 28.6 Å². The normalized spacial score (nSPS) is 12.5. The van der Waals surface area contributed by atoms with Crippen LogP contribution in [-0.2, 0) is 28.6 Å². The summed E-state index contributed by atoms with van der Waals surface area (Å²) < 4.78 is 16.7. The van der Waals surface area contributed by atoms with Crippen LogP contribution in [0.4, 0.5) is 0 Å². The number of esters is 3.